The zero-order valence-corrected chi connectivity index (χ0v) is 17.1. The number of hydrogen-bond donors (Lipinski definition) is 2. The molecule has 3 aliphatic carbocycles. The molecule has 29 heavy (non-hydrogen) atoms. The standard InChI is InChI=1S/C26H30O3/c1-25-13-11-21-20-9-8-19(24(27)28)15-18(20)7-10-22(21)23(25)12-14-26(25,29)16-17-5-3-2-4-6-17/h2-6,8-9,15,21-23,29H,7,10-14,16H2,1H3,(H,27,28)/t21-,22-,23+,25+,26-/m1/s1. The number of carbonyl (C=O) groups is 1. The topological polar surface area (TPSA) is 57.5 Å². The van der Waals surface area contributed by atoms with Gasteiger partial charge in [0.05, 0.1) is 11.2 Å². The van der Waals surface area contributed by atoms with Gasteiger partial charge in [0.15, 0.2) is 0 Å². The molecule has 0 bridgehead atoms. The lowest BCUT2D eigenvalue weighted by molar-refractivity contribution is -0.102. The highest BCUT2D eigenvalue weighted by Gasteiger charge is 2.61. The Kier molecular flexibility index (Phi) is 4.36. The van der Waals surface area contributed by atoms with Crippen molar-refractivity contribution in [3.8, 4) is 0 Å². The maximum absolute atomic E-state index is 11.8. The molecular formula is C26H30O3. The number of aryl methyl sites for hydroxylation is 1. The second-order valence-electron chi connectivity index (χ2n) is 9.82. The van der Waals surface area contributed by atoms with Crippen LogP contribution in [0.4, 0.5) is 0 Å². The first-order chi connectivity index (χ1) is 13.9. The number of carboxylic acid groups (broad SMARTS) is 1. The molecule has 0 saturated heterocycles. The lowest BCUT2D eigenvalue weighted by atomic mass is 9.52. The van der Waals surface area contributed by atoms with E-state index < -0.39 is 11.6 Å². The number of aromatic carboxylic acids is 1. The van der Waals surface area contributed by atoms with Gasteiger partial charge in [-0.3, -0.25) is 0 Å². The van der Waals surface area contributed by atoms with Gasteiger partial charge in [-0.2, -0.15) is 0 Å². The van der Waals surface area contributed by atoms with Gasteiger partial charge in [-0.15, -0.1) is 0 Å². The second kappa shape index (κ2) is 6.70. The summed E-state index contributed by atoms with van der Waals surface area (Å²) in [5.74, 6) is 0.815. The molecule has 0 spiro atoms. The second-order valence-corrected chi connectivity index (χ2v) is 9.82. The summed E-state index contributed by atoms with van der Waals surface area (Å²) in [6.45, 7) is 2.34. The summed E-state index contributed by atoms with van der Waals surface area (Å²) in [5.41, 5.74) is 3.56. The van der Waals surface area contributed by atoms with Gasteiger partial charge in [-0.05, 0) is 90.5 Å². The maximum Gasteiger partial charge on any atom is 0.335 e. The van der Waals surface area contributed by atoms with Crippen molar-refractivity contribution in [1.29, 1.82) is 0 Å². The third-order valence-corrected chi connectivity index (χ3v) is 8.63. The van der Waals surface area contributed by atoms with Gasteiger partial charge in [-0.1, -0.05) is 43.3 Å². The van der Waals surface area contributed by atoms with Crippen LogP contribution in [-0.4, -0.2) is 21.8 Å². The molecule has 2 aromatic rings. The third kappa shape index (κ3) is 2.85. The summed E-state index contributed by atoms with van der Waals surface area (Å²) in [6.07, 6.45) is 6.94. The van der Waals surface area contributed by atoms with E-state index in [-0.39, 0.29) is 5.41 Å². The van der Waals surface area contributed by atoms with Crippen molar-refractivity contribution in [3.05, 3.63) is 70.8 Å². The average Bonchev–Trinajstić information content (AvgIpc) is 2.98. The third-order valence-electron chi connectivity index (χ3n) is 8.63. The number of rotatable bonds is 3. The molecule has 2 fully saturated rings. The summed E-state index contributed by atoms with van der Waals surface area (Å²) in [4.78, 5) is 11.4. The lowest BCUT2D eigenvalue weighted by Gasteiger charge is -2.53. The Hall–Kier alpha value is -2.13. The first kappa shape index (κ1) is 18.9. The lowest BCUT2D eigenvalue weighted by Crippen LogP contribution is -2.51. The molecule has 5 rings (SSSR count). The molecule has 152 valence electrons. The van der Waals surface area contributed by atoms with Crippen molar-refractivity contribution in [3.63, 3.8) is 0 Å². The van der Waals surface area contributed by atoms with E-state index in [1.165, 1.54) is 16.7 Å². The Balaban J connectivity index is 1.44. The van der Waals surface area contributed by atoms with Crippen LogP contribution in [0.1, 0.15) is 72.0 Å². The molecule has 0 aliphatic heterocycles. The van der Waals surface area contributed by atoms with E-state index in [2.05, 4.69) is 37.3 Å². The van der Waals surface area contributed by atoms with Crippen LogP contribution in [-0.2, 0) is 12.8 Å². The monoisotopic (exact) mass is 390 g/mol. The highest BCUT2D eigenvalue weighted by atomic mass is 16.4. The van der Waals surface area contributed by atoms with E-state index in [9.17, 15) is 15.0 Å². The highest BCUT2D eigenvalue weighted by Crippen LogP contribution is 2.64. The minimum absolute atomic E-state index is 0.0392. The average molecular weight is 391 g/mol. The van der Waals surface area contributed by atoms with Crippen molar-refractivity contribution in [2.75, 3.05) is 0 Å². The number of hydrogen-bond acceptors (Lipinski definition) is 2. The summed E-state index contributed by atoms with van der Waals surface area (Å²) in [7, 11) is 0. The summed E-state index contributed by atoms with van der Waals surface area (Å²) < 4.78 is 0. The van der Waals surface area contributed by atoms with Gasteiger partial charge in [0.25, 0.3) is 0 Å². The fraction of sp³-hybridized carbons (Fsp3) is 0.500. The Morgan fingerprint density at radius 3 is 2.62 bits per heavy atom. The Labute approximate surface area is 172 Å². The SMILES string of the molecule is C[C@]12CC[C@@H]3c4ccc(C(=O)O)cc4CC[C@H]3[C@@H]1CC[C@@]2(O)Cc1ccccc1. The van der Waals surface area contributed by atoms with Crippen LogP contribution in [0.25, 0.3) is 0 Å². The van der Waals surface area contributed by atoms with Crippen molar-refractivity contribution < 1.29 is 15.0 Å². The smallest absolute Gasteiger partial charge is 0.335 e. The van der Waals surface area contributed by atoms with Crippen LogP contribution in [0, 0.1) is 17.3 Å². The van der Waals surface area contributed by atoms with Gasteiger partial charge in [0, 0.05) is 6.42 Å². The van der Waals surface area contributed by atoms with E-state index in [4.69, 9.17) is 0 Å². The highest BCUT2D eigenvalue weighted by molar-refractivity contribution is 5.88. The molecule has 3 aliphatic rings. The van der Waals surface area contributed by atoms with E-state index >= 15 is 0 Å². The molecule has 0 radical (unpaired) electrons. The van der Waals surface area contributed by atoms with E-state index in [1.54, 1.807) is 6.07 Å². The number of fused-ring (bicyclic) bond motifs is 5. The minimum atomic E-state index is -0.840. The van der Waals surface area contributed by atoms with Crippen LogP contribution in [0.5, 0.6) is 0 Å². The predicted molar refractivity (Wildman–Crippen MR) is 113 cm³/mol. The van der Waals surface area contributed by atoms with Gasteiger partial charge in [0.1, 0.15) is 0 Å². The molecule has 3 nitrogen and oxygen atoms in total. The van der Waals surface area contributed by atoms with Gasteiger partial charge < -0.3 is 10.2 Å². The normalized spacial score (nSPS) is 35.4. The molecule has 0 amide bonds. The van der Waals surface area contributed by atoms with E-state index in [1.807, 2.05) is 12.1 Å². The minimum Gasteiger partial charge on any atom is -0.478 e. The summed E-state index contributed by atoms with van der Waals surface area (Å²) in [5, 5.41) is 21.1. The Morgan fingerprint density at radius 1 is 1.07 bits per heavy atom. The van der Waals surface area contributed by atoms with Crippen LogP contribution in [0.15, 0.2) is 48.5 Å². The van der Waals surface area contributed by atoms with Crippen LogP contribution in [0.3, 0.4) is 0 Å². The van der Waals surface area contributed by atoms with Crippen LogP contribution >= 0.6 is 0 Å². The molecule has 2 aromatic carbocycles. The first-order valence-corrected chi connectivity index (χ1v) is 11.0. The fourth-order valence-corrected chi connectivity index (χ4v) is 7.05. The van der Waals surface area contributed by atoms with Gasteiger partial charge in [0.2, 0.25) is 0 Å². The molecule has 0 heterocycles. The van der Waals surface area contributed by atoms with Crippen LogP contribution in [0.2, 0.25) is 0 Å². The fourth-order valence-electron chi connectivity index (χ4n) is 7.05. The number of carboxylic acids is 1. The van der Waals surface area contributed by atoms with Gasteiger partial charge >= 0.3 is 5.97 Å². The van der Waals surface area contributed by atoms with E-state index in [0.717, 1.165) is 44.9 Å². The Morgan fingerprint density at radius 2 is 1.86 bits per heavy atom. The maximum atomic E-state index is 11.8. The molecule has 5 atom stereocenters. The molecule has 2 saturated carbocycles. The van der Waals surface area contributed by atoms with Crippen molar-refractivity contribution in [1.82, 2.24) is 0 Å². The van der Waals surface area contributed by atoms with Crippen LogP contribution < -0.4 is 0 Å². The van der Waals surface area contributed by atoms with Crippen molar-refractivity contribution in [2.45, 2.75) is 63.4 Å². The van der Waals surface area contributed by atoms with Gasteiger partial charge in [-0.25, -0.2) is 4.79 Å². The molecule has 0 unspecified atom stereocenters. The zero-order chi connectivity index (χ0) is 20.2. The van der Waals surface area contributed by atoms with Crippen molar-refractivity contribution >= 4 is 5.97 Å². The van der Waals surface area contributed by atoms with E-state index in [0.29, 0.717) is 23.3 Å². The number of benzene rings is 2. The van der Waals surface area contributed by atoms with Crippen molar-refractivity contribution in [2.24, 2.45) is 17.3 Å². The zero-order valence-electron chi connectivity index (χ0n) is 17.1. The largest absolute Gasteiger partial charge is 0.478 e. The molecule has 0 aromatic heterocycles. The quantitative estimate of drug-likeness (QED) is 0.756. The number of aliphatic hydroxyl groups is 1. The predicted octanol–water partition coefficient (Wildman–Crippen LogP) is 5.21. The summed E-state index contributed by atoms with van der Waals surface area (Å²) in [6, 6.07) is 16.2. The Bertz CT molecular complexity index is 936. The molecule has 3 heteroatoms. The molecule has 2 N–H and O–H groups in total. The summed E-state index contributed by atoms with van der Waals surface area (Å²) >= 11 is 0. The molecular weight excluding hydrogens is 360 g/mol. The first-order valence-electron chi connectivity index (χ1n) is 11.0.